The molecule has 0 heteroatoms. The van der Waals surface area contributed by atoms with E-state index in [1.54, 1.807) is 0 Å². The van der Waals surface area contributed by atoms with Crippen LogP contribution in [-0.2, 0) is 11.8 Å². The van der Waals surface area contributed by atoms with Gasteiger partial charge in [0.1, 0.15) is 0 Å². The van der Waals surface area contributed by atoms with E-state index >= 15 is 0 Å². The predicted molar refractivity (Wildman–Crippen MR) is 321 cm³/mol. The largest absolute Gasteiger partial charge is 0.0622 e. The third-order valence-electron chi connectivity index (χ3n) is 17.5. The molecular weight excluding hydrogens is 901 g/mol. The molecule has 0 spiro atoms. The molecule has 0 radical (unpaired) electrons. The Labute approximate surface area is 438 Å². The first-order chi connectivity index (χ1) is 36.8. The zero-order chi connectivity index (χ0) is 49.8. The Balaban J connectivity index is 1.01. The zero-order valence-corrected chi connectivity index (χ0v) is 42.6. The Hall–Kier alpha value is -8.84. The van der Waals surface area contributed by atoms with Crippen molar-refractivity contribution in [3.63, 3.8) is 0 Å². The smallest absolute Gasteiger partial charge is 0.000740 e. The van der Waals surface area contributed by atoms with E-state index in [1.807, 2.05) is 0 Å². The van der Waals surface area contributed by atoms with Gasteiger partial charge in [-0.3, -0.25) is 0 Å². The van der Waals surface area contributed by atoms with Crippen LogP contribution in [0.5, 0.6) is 0 Å². The molecule has 0 bridgehead atoms. The highest BCUT2D eigenvalue weighted by Gasteiger charge is 2.37. The molecule has 13 aromatic rings. The van der Waals surface area contributed by atoms with Crippen LogP contribution < -0.4 is 0 Å². The highest BCUT2D eigenvalue weighted by Crippen LogP contribution is 2.64. The fourth-order valence-electron chi connectivity index (χ4n) is 14.2. The first-order valence-corrected chi connectivity index (χ1v) is 26.9. The molecule has 3 aliphatic rings. The lowest BCUT2D eigenvalue weighted by Crippen LogP contribution is -2.14. The fraction of sp³-hybridized carbons (Fsp3) is 0.0933. The maximum Gasteiger partial charge on any atom is -0.000740 e. The normalized spacial score (nSPS) is 13.9. The van der Waals surface area contributed by atoms with Crippen LogP contribution in [0.15, 0.2) is 224 Å². The molecule has 75 heavy (non-hydrogen) atoms. The lowest BCUT2D eigenvalue weighted by atomic mass is 9.75. The minimum atomic E-state index is 0.0768. The zero-order valence-electron chi connectivity index (χ0n) is 42.6. The van der Waals surface area contributed by atoms with Gasteiger partial charge >= 0.3 is 0 Å². The number of fused-ring (bicyclic) bond motifs is 8. The van der Waals surface area contributed by atoms with Gasteiger partial charge in [-0.2, -0.15) is 0 Å². The van der Waals surface area contributed by atoms with Crippen molar-refractivity contribution >= 4 is 53.9 Å². The molecule has 0 saturated carbocycles. The van der Waals surface area contributed by atoms with Gasteiger partial charge in [0.05, 0.1) is 0 Å². The summed E-state index contributed by atoms with van der Waals surface area (Å²) in [6, 6.07) is 85.7. The maximum absolute atomic E-state index is 2.54. The molecule has 0 saturated heterocycles. The van der Waals surface area contributed by atoms with Crippen molar-refractivity contribution in [3.05, 3.63) is 241 Å². The molecule has 0 aromatic heterocycles. The van der Waals surface area contributed by atoms with Crippen LogP contribution >= 0.6 is 0 Å². The number of hydrogen-bond donors (Lipinski definition) is 0. The van der Waals surface area contributed by atoms with Gasteiger partial charge in [0.25, 0.3) is 0 Å². The summed E-state index contributed by atoms with van der Waals surface area (Å²) < 4.78 is 0. The van der Waals surface area contributed by atoms with Crippen molar-refractivity contribution in [2.45, 2.75) is 45.4 Å². The van der Waals surface area contributed by atoms with E-state index in [9.17, 15) is 0 Å². The molecule has 352 valence electrons. The predicted octanol–water partition coefficient (Wildman–Crippen LogP) is 21.0. The molecule has 0 heterocycles. The van der Waals surface area contributed by atoms with E-state index < -0.39 is 0 Å². The molecule has 0 aliphatic heterocycles. The van der Waals surface area contributed by atoms with Crippen LogP contribution in [0, 0.1) is 0 Å². The molecule has 0 N–H and O–H groups in total. The molecule has 0 amide bonds. The fourth-order valence-corrected chi connectivity index (χ4v) is 14.2. The molecule has 1 atom stereocenters. The van der Waals surface area contributed by atoms with E-state index in [2.05, 4.69) is 252 Å². The molecule has 1 unspecified atom stereocenters. The topological polar surface area (TPSA) is 0 Å². The van der Waals surface area contributed by atoms with Crippen molar-refractivity contribution in [2.24, 2.45) is 0 Å². The highest BCUT2D eigenvalue weighted by molar-refractivity contribution is 6.35. The number of hydrogen-bond acceptors (Lipinski definition) is 0. The van der Waals surface area contributed by atoms with Crippen molar-refractivity contribution in [1.82, 2.24) is 0 Å². The Kier molecular flexibility index (Phi) is 8.87. The summed E-state index contributed by atoms with van der Waals surface area (Å²) in [5.41, 5.74) is 27.7. The van der Waals surface area contributed by atoms with Gasteiger partial charge in [0.15, 0.2) is 0 Å². The molecule has 0 fully saturated rings. The average molecular weight is 953 g/mol. The van der Waals surface area contributed by atoms with E-state index in [-0.39, 0.29) is 5.41 Å². The lowest BCUT2D eigenvalue weighted by Gasteiger charge is -2.28. The molecule has 3 aliphatic carbocycles. The minimum absolute atomic E-state index is 0.0768. The highest BCUT2D eigenvalue weighted by atomic mass is 14.4. The Morgan fingerprint density at radius 3 is 1.19 bits per heavy atom. The average Bonchev–Trinajstić information content (AvgIpc) is 3.96. The van der Waals surface area contributed by atoms with Crippen LogP contribution in [0.1, 0.15) is 50.3 Å². The van der Waals surface area contributed by atoms with Gasteiger partial charge in [-0.1, -0.05) is 246 Å². The van der Waals surface area contributed by atoms with Crippen LogP contribution in [0.25, 0.3) is 154 Å². The Morgan fingerprint density at radius 2 is 0.720 bits per heavy atom. The van der Waals surface area contributed by atoms with Gasteiger partial charge in [-0.25, -0.2) is 0 Å². The molecule has 13 aromatic carbocycles. The van der Waals surface area contributed by atoms with Crippen LogP contribution in [0.4, 0.5) is 0 Å². The van der Waals surface area contributed by atoms with E-state index in [0.29, 0.717) is 5.92 Å². The van der Waals surface area contributed by atoms with Gasteiger partial charge in [0.2, 0.25) is 0 Å². The first kappa shape index (κ1) is 42.6. The summed E-state index contributed by atoms with van der Waals surface area (Å²) in [5.74, 6) is 0.461. The van der Waals surface area contributed by atoms with Gasteiger partial charge in [-0.15, -0.1) is 0 Å². The van der Waals surface area contributed by atoms with Gasteiger partial charge in [0, 0.05) is 0 Å². The number of rotatable bonds is 5. The monoisotopic (exact) mass is 952 g/mol. The second-order valence-corrected chi connectivity index (χ2v) is 22.6. The van der Waals surface area contributed by atoms with Crippen LogP contribution in [0.3, 0.4) is 0 Å². The van der Waals surface area contributed by atoms with Crippen molar-refractivity contribution in [2.75, 3.05) is 0 Å². The maximum atomic E-state index is 2.54. The summed E-state index contributed by atoms with van der Waals surface area (Å²) in [6.07, 6.45) is 1.05. The quantitative estimate of drug-likeness (QED) is 0.151. The minimum Gasteiger partial charge on any atom is -0.0622 e. The molecule has 16 rings (SSSR count). The second-order valence-electron chi connectivity index (χ2n) is 22.6. The standard InChI is InChI=1S/C75H52/c1-43-39-49-30-32-52(55-34-31-50-40-51(75(2,3)4)42-61(43)68(50)67(49)55)48-29-33-56-62(41-48)66(47-25-15-8-16-26-47)74-60-38-37-58-69-57(35-36-59(70(60)69)73(74)65(56)46-23-13-7-14-24-46)71-63(44-19-9-5-10-20-44)53-27-17-18-28-54(53)64(72(58)71)45-21-11-6-12-22-45/h5-38,40-43H,39H2,1-4H3. The first-order valence-electron chi connectivity index (χ1n) is 26.9. The van der Waals surface area contributed by atoms with Gasteiger partial charge < -0.3 is 0 Å². The third-order valence-corrected chi connectivity index (χ3v) is 17.5. The Morgan fingerprint density at radius 1 is 0.307 bits per heavy atom. The van der Waals surface area contributed by atoms with Crippen LogP contribution in [0.2, 0.25) is 0 Å². The summed E-state index contributed by atoms with van der Waals surface area (Å²) in [6.45, 7) is 9.45. The number of benzene rings is 13. The molecular formula is C75H52. The van der Waals surface area contributed by atoms with Crippen molar-refractivity contribution in [3.8, 4) is 100 Å². The summed E-state index contributed by atoms with van der Waals surface area (Å²) in [5, 5.41) is 13.4. The Bertz CT molecular complexity index is 4520. The van der Waals surface area contributed by atoms with E-state index in [1.165, 1.54) is 171 Å². The van der Waals surface area contributed by atoms with E-state index in [0.717, 1.165) is 6.42 Å². The third kappa shape index (κ3) is 5.94. The van der Waals surface area contributed by atoms with Gasteiger partial charge in [-0.05, 0) is 195 Å². The lowest BCUT2D eigenvalue weighted by molar-refractivity contribution is 0.589. The summed E-state index contributed by atoms with van der Waals surface area (Å²) >= 11 is 0. The van der Waals surface area contributed by atoms with Crippen LogP contribution in [-0.4, -0.2) is 0 Å². The molecule has 0 nitrogen and oxygen atoms in total. The SMILES string of the molecule is CC1Cc2ccc(-c3ccc4c(-c5ccccc5)c5c(c(-c6ccccc6)c4c3)-c3ccc4c6c(ccc-5c36)-c3c-4c(-c4ccccc4)c4ccccc4c3-c3ccccc3)c3ccc4cc(C(C)(C)C)cc1c4c23. The summed E-state index contributed by atoms with van der Waals surface area (Å²) in [7, 11) is 0. The van der Waals surface area contributed by atoms with Crippen molar-refractivity contribution in [1.29, 1.82) is 0 Å². The van der Waals surface area contributed by atoms with Crippen molar-refractivity contribution < 1.29 is 0 Å². The second kappa shape index (κ2) is 15.6. The summed E-state index contributed by atoms with van der Waals surface area (Å²) in [4.78, 5) is 0. The van der Waals surface area contributed by atoms with E-state index in [4.69, 9.17) is 0 Å².